The summed E-state index contributed by atoms with van der Waals surface area (Å²) in [5.41, 5.74) is 7.06. The molecule has 0 aliphatic carbocycles. The highest BCUT2D eigenvalue weighted by Gasteiger charge is 2.23. The maximum absolute atomic E-state index is 5.97. The van der Waals surface area contributed by atoms with Crippen molar-refractivity contribution < 1.29 is 0 Å². The molecule has 1 saturated heterocycles. The molecule has 1 aliphatic heterocycles. The van der Waals surface area contributed by atoms with Gasteiger partial charge in [0, 0.05) is 24.0 Å². The maximum Gasteiger partial charge on any atom is 0.185 e. The number of hydrogen-bond acceptors (Lipinski definition) is 5. The fourth-order valence-electron chi connectivity index (χ4n) is 2.51. The van der Waals surface area contributed by atoms with E-state index in [0.717, 1.165) is 10.8 Å². The fourth-order valence-corrected chi connectivity index (χ4v) is 3.56. The van der Waals surface area contributed by atoms with Gasteiger partial charge in [0.2, 0.25) is 0 Å². The molecule has 18 heavy (non-hydrogen) atoms. The monoisotopic (exact) mass is 268 g/mol. The molecule has 5 heteroatoms. The zero-order valence-corrected chi connectivity index (χ0v) is 12.6. The van der Waals surface area contributed by atoms with E-state index in [2.05, 4.69) is 35.8 Å². The predicted molar refractivity (Wildman–Crippen MR) is 78.4 cm³/mol. The number of rotatable bonds is 3. The number of nitrogens with zero attached hydrogens (tertiary/aromatic N) is 3. The Balaban J connectivity index is 2.09. The Kier molecular flexibility index (Phi) is 4.25. The van der Waals surface area contributed by atoms with Crippen LogP contribution in [-0.4, -0.2) is 43.1 Å². The van der Waals surface area contributed by atoms with Crippen molar-refractivity contribution in [3.8, 4) is 0 Å². The summed E-state index contributed by atoms with van der Waals surface area (Å²) in [6.45, 7) is 6.44. The van der Waals surface area contributed by atoms with Crippen LogP contribution in [0, 0.1) is 6.92 Å². The van der Waals surface area contributed by atoms with Gasteiger partial charge in [0.25, 0.3) is 0 Å². The van der Waals surface area contributed by atoms with E-state index in [0.29, 0.717) is 6.04 Å². The number of aromatic nitrogens is 1. The Hall–Kier alpha value is -0.650. The Labute approximate surface area is 114 Å². The number of anilines is 1. The van der Waals surface area contributed by atoms with Gasteiger partial charge in [-0.3, -0.25) is 0 Å². The van der Waals surface area contributed by atoms with E-state index < -0.39 is 0 Å². The van der Waals surface area contributed by atoms with Crippen LogP contribution in [0.3, 0.4) is 0 Å². The highest BCUT2D eigenvalue weighted by molar-refractivity contribution is 7.15. The van der Waals surface area contributed by atoms with E-state index >= 15 is 0 Å². The third-order valence-corrected chi connectivity index (χ3v) is 5.22. The third-order valence-electron chi connectivity index (χ3n) is 3.77. The van der Waals surface area contributed by atoms with E-state index in [9.17, 15) is 0 Å². The molecule has 0 radical (unpaired) electrons. The van der Waals surface area contributed by atoms with Gasteiger partial charge in [-0.2, -0.15) is 0 Å². The van der Waals surface area contributed by atoms with Crippen molar-refractivity contribution in [2.75, 3.05) is 32.1 Å². The summed E-state index contributed by atoms with van der Waals surface area (Å²) >= 11 is 1.75. The number of hydrogen-bond donors (Lipinski definition) is 1. The minimum Gasteiger partial charge on any atom is -0.348 e. The van der Waals surface area contributed by atoms with Crippen LogP contribution in [-0.2, 0) is 0 Å². The fraction of sp³-hybridized carbons (Fsp3) is 0.769. The minimum absolute atomic E-state index is 0.0853. The van der Waals surface area contributed by atoms with Crippen LogP contribution in [0.25, 0.3) is 0 Å². The number of likely N-dealkylation sites (tertiary alicyclic amines) is 1. The van der Waals surface area contributed by atoms with Crippen LogP contribution in [0.5, 0.6) is 0 Å². The van der Waals surface area contributed by atoms with Gasteiger partial charge in [0.05, 0.1) is 5.69 Å². The van der Waals surface area contributed by atoms with Crippen LogP contribution in [0.15, 0.2) is 0 Å². The summed E-state index contributed by atoms with van der Waals surface area (Å²) in [6, 6.07) is 0.704. The van der Waals surface area contributed by atoms with Crippen LogP contribution < -0.4 is 10.6 Å². The van der Waals surface area contributed by atoms with Crippen molar-refractivity contribution in [2.45, 2.75) is 38.8 Å². The molecule has 2 heterocycles. The first-order chi connectivity index (χ1) is 8.49. The molecular formula is C13H24N4S. The molecule has 1 unspecified atom stereocenters. The molecule has 1 fully saturated rings. The summed E-state index contributed by atoms with van der Waals surface area (Å²) in [5, 5.41) is 1.12. The molecule has 2 rings (SSSR count). The number of nitrogens with two attached hydrogens (primary N) is 1. The van der Waals surface area contributed by atoms with Crippen molar-refractivity contribution in [3.63, 3.8) is 0 Å². The highest BCUT2D eigenvalue weighted by Crippen LogP contribution is 2.31. The number of piperidine rings is 1. The molecule has 0 amide bonds. The van der Waals surface area contributed by atoms with Gasteiger partial charge >= 0.3 is 0 Å². The van der Waals surface area contributed by atoms with Gasteiger partial charge in [-0.1, -0.05) is 0 Å². The van der Waals surface area contributed by atoms with Gasteiger partial charge in [0.1, 0.15) is 0 Å². The third kappa shape index (κ3) is 2.84. The lowest BCUT2D eigenvalue weighted by Gasteiger charge is -2.34. The van der Waals surface area contributed by atoms with E-state index in [4.69, 9.17) is 5.73 Å². The second kappa shape index (κ2) is 5.55. The molecule has 0 aromatic carbocycles. The molecule has 0 spiro atoms. The second-order valence-corrected chi connectivity index (χ2v) is 6.39. The van der Waals surface area contributed by atoms with Crippen molar-refractivity contribution in [1.29, 1.82) is 0 Å². The Morgan fingerprint density at radius 3 is 2.56 bits per heavy atom. The lowest BCUT2D eigenvalue weighted by molar-refractivity contribution is 0.253. The van der Waals surface area contributed by atoms with Crippen molar-refractivity contribution >= 4 is 16.5 Å². The summed E-state index contributed by atoms with van der Waals surface area (Å²) in [6.07, 6.45) is 2.44. The molecule has 102 valence electrons. The molecule has 2 N–H and O–H groups in total. The largest absolute Gasteiger partial charge is 0.348 e. The zero-order chi connectivity index (χ0) is 13.3. The Bertz CT molecular complexity index is 394. The summed E-state index contributed by atoms with van der Waals surface area (Å²) in [5.74, 6) is 0. The number of thiazole rings is 1. The van der Waals surface area contributed by atoms with Gasteiger partial charge in [-0.15, -0.1) is 11.3 Å². The topological polar surface area (TPSA) is 45.4 Å². The average Bonchev–Trinajstić information content (AvgIpc) is 2.71. The lowest BCUT2D eigenvalue weighted by atomic mass is 10.0. The van der Waals surface area contributed by atoms with Gasteiger partial charge in [-0.05, 0) is 46.8 Å². The second-order valence-electron chi connectivity index (χ2n) is 5.38. The smallest absolute Gasteiger partial charge is 0.185 e. The molecule has 1 aliphatic rings. The molecule has 1 aromatic heterocycles. The van der Waals surface area contributed by atoms with Crippen LogP contribution in [0.2, 0.25) is 0 Å². The van der Waals surface area contributed by atoms with E-state index in [1.54, 1.807) is 11.3 Å². The van der Waals surface area contributed by atoms with Crippen LogP contribution in [0.4, 0.5) is 5.13 Å². The predicted octanol–water partition coefficient (Wildman–Crippen LogP) is 2.00. The Morgan fingerprint density at radius 2 is 2.06 bits per heavy atom. The van der Waals surface area contributed by atoms with Crippen LogP contribution >= 0.6 is 11.3 Å². The van der Waals surface area contributed by atoms with Crippen molar-refractivity contribution in [3.05, 3.63) is 10.6 Å². The Morgan fingerprint density at radius 1 is 1.44 bits per heavy atom. The first-order valence-corrected chi connectivity index (χ1v) is 7.45. The average molecular weight is 268 g/mol. The van der Waals surface area contributed by atoms with E-state index in [1.165, 1.54) is 30.8 Å². The van der Waals surface area contributed by atoms with Gasteiger partial charge < -0.3 is 15.5 Å². The van der Waals surface area contributed by atoms with E-state index in [-0.39, 0.29) is 6.04 Å². The summed E-state index contributed by atoms with van der Waals surface area (Å²) in [7, 11) is 4.36. The minimum atomic E-state index is 0.0853. The van der Waals surface area contributed by atoms with Gasteiger partial charge in [-0.25, -0.2) is 4.98 Å². The van der Waals surface area contributed by atoms with Gasteiger partial charge in [0.15, 0.2) is 5.13 Å². The van der Waals surface area contributed by atoms with Crippen molar-refractivity contribution in [2.24, 2.45) is 5.73 Å². The molecular weight excluding hydrogens is 244 g/mol. The SMILES string of the molecule is Cc1nc(N(C)C2CCN(C)CC2)sc1C(C)N. The molecule has 0 saturated carbocycles. The molecule has 1 aromatic rings. The molecule has 1 atom stereocenters. The standard InChI is InChI=1S/C13H24N4S/c1-9(14)12-10(2)15-13(18-12)17(4)11-5-7-16(3)8-6-11/h9,11H,5-8,14H2,1-4H3. The summed E-state index contributed by atoms with van der Waals surface area (Å²) < 4.78 is 0. The maximum atomic E-state index is 5.97. The number of aryl methyl sites for hydroxylation is 1. The quantitative estimate of drug-likeness (QED) is 0.911. The highest BCUT2D eigenvalue weighted by atomic mass is 32.1. The molecule has 4 nitrogen and oxygen atoms in total. The first-order valence-electron chi connectivity index (χ1n) is 6.63. The molecule has 0 bridgehead atoms. The normalized spacial score (nSPS) is 20.1. The lowest BCUT2D eigenvalue weighted by Crippen LogP contribution is -2.41. The summed E-state index contributed by atoms with van der Waals surface area (Å²) in [4.78, 5) is 10.6. The zero-order valence-electron chi connectivity index (χ0n) is 11.8. The first kappa shape index (κ1) is 13.8. The van der Waals surface area contributed by atoms with Crippen molar-refractivity contribution in [1.82, 2.24) is 9.88 Å². The van der Waals surface area contributed by atoms with E-state index in [1.807, 2.05) is 6.92 Å². The van der Waals surface area contributed by atoms with Crippen LogP contribution in [0.1, 0.15) is 36.4 Å².